The van der Waals surface area contributed by atoms with Gasteiger partial charge in [0.25, 0.3) is 0 Å². The largest absolute Gasteiger partial charge is 0.497 e. The Bertz CT molecular complexity index is 804. The molecule has 124 valence electrons. The molecular formula is C17H18FN5O. The molecule has 1 aromatic carbocycles. The van der Waals surface area contributed by atoms with E-state index < -0.39 is 11.7 Å². The van der Waals surface area contributed by atoms with E-state index in [1.54, 1.807) is 19.3 Å². The van der Waals surface area contributed by atoms with Gasteiger partial charge in [-0.1, -0.05) is 0 Å². The fraction of sp³-hybridized carbons (Fsp3) is 0.176. The second-order valence-corrected chi connectivity index (χ2v) is 5.02. The Balaban J connectivity index is 2.51. The molecule has 0 bridgehead atoms. The lowest BCUT2D eigenvalue weighted by Crippen LogP contribution is -2.12. The van der Waals surface area contributed by atoms with Crippen molar-refractivity contribution in [2.24, 2.45) is 4.99 Å². The first kappa shape index (κ1) is 17.3. The van der Waals surface area contributed by atoms with Crippen LogP contribution in [0.25, 0.3) is 0 Å². The van der Waals surface area contributed by atoms with Crippen LogP contribution in [0.5, 0.6) is 5.75 Å². The molecule has 1 aromatic heterocycles. The van der Waals surface area contributed by atoms with Gasteiger partial charge < -0.3 is 15.9 Å². The van der Waals surface area contributed by atoms with E-state index in [2.05, 4.69) is 9.98 Å². The highest BCUT2D eigenvalue weighted by molar-refractivity contribution is 6.14. The lowest BCUT2D eigenvalue weighted by atomic mass is 9.98. The highest BCUT2D eigenvalue weighted by Crippen LogP contribution is 2.24. The van der Waals surface area contributed by atoms with E-state index in [0.717, 1.165) is 0 Å². The average molecular weight is 327 g/mol. The molecule has 2 aromatic rings. The number of aromatic nitrogens is 1. The summed E-state index contributed by atoms with van der Waals surface area (Å²) in [4.78, 5) is 8.08. The molecule has 1 atom stereocenters. The number of ether oxygens (including phenoxy) is 1. The number of rotatable bonds is 6. The van der Waals surface area contributed by atoms with E-state index in [1.807, 2.05) is 0 Å². The molecule has 0 aliphatic rings. The maximum atomic E-state index is 14.1. The zero-order valence-corrected chi connectivity index (χ0v) is 13.4. The van der Waals surface area contributed by atoms with Crippen LogP contribution in [-0.2, 0) is 0 Å². The maximum Gasteiger partial charge on any atom is 0.132 e. The summed E-state index contributed by atoms with van der Waals surface area (Å²) in [6.45, 7) is 0. The molecule has 0 amide bonds. The van der Waals surface area contributed by atoms with Gasteiger partial charge in [-0.25, -0.2) is 4.39 Å². The van der Waals surface area contributed by atoms with E-state index in [0.29, 0.717) is 17.0 Å². The molecule has 1 unspecified atom stereocenters. The molecule has 0 spiro atoms. The smallest absolute Gasteiger partial charge is 0.132 e. The predicted octanol–water partition coefficient (Wildman–Crippen LogP) is 2.66. The predicted molar refractivity (Wildman–Crippen MR) is 93.5 cm³/mol. The lowest BCUT2D eigenvalue weighted by molar-refractivity contribution is 0.413. The fourth-order valence-electron chi connectivity index (χ4n) is 2.21. The first-order valence-corrected chi connectivity index (χ1v) is 7.13. The molecule has 0 radical (unpaired) electrons. The Morgan fingerprint density at radius 1 is 1.38 bits per heavy atom. The van der Waals surface area contributed by atoms with Crippen molar-refractivity contribution in [1.82, 2.24) is 4.98 Å². The van der Waals surface area contributed by atoms with Crippen LogP contribution in [-0.4, -0.2) is 37.3 Å². The average Bonchev–Trinajstić information content (AvgIpc) is 2.60. The van der Waals surface area contributed by atoms with Crippen LogP contribution in [0.1, 0.15) is 22.7 Å². The third-order valence-electron chi connectivity index (χ3n) is 3.50. The number of anilines is 1. The number of nitrogen functional groups attached to an aromatic ring is 1. The van der Waals surface area contributed by atoms with Crippen LogP contribution in [0.2, 0.25) is 0 Å². The van der Waals surface area contributed by atoms with E-state index in [-0.39, 0.29) is 17.0 Å². The van der Waals surface area contributed by atoms with Crippen molar-refractivity contribution in [3.63, 3.8) is 0 Å². The number of hydrogen-bond acceptors (Lipinski definition) is 6. The van der Waals surface area contributed by atoms with Gasteiger partial charge in [-0.05, 0) is 24.3 Å². The Morgan fingerprint density at radius 2 is 2.12 bits per heavy atom. The van der Waals surface area contributed by atoms with Crippen molar-refractivity contribution in [2.75, 3.05) is 19.9 Å². The number of nitrogens with one attached hydrogen (secondary N) is 2. The second kappa shape index (κ2) is 7.45. The summed E-state index contributed by atoms with van der Waals surface area (Å²) >= 11 is 0. The highest BCUT2D eigenvalue weighted by atomic mass is 19.1. The summed E-state index contributed by atoms with van der Waals surface area (Å²) in [6, 6.07) is 5.74. The minimum Gasteiger partial charge on any atom is -0.497 e. The van der Waals surface area contributed by atoms with Gasteiger partial charge in [0.2, 0.25) is 0 Å². The topological polar surface area (TPSA) is 108 Å². The van der Waals surface area contributed by atoms with Crippen LogP contribution in [0.4, 0.5) is 10.1 Å². The number of aliphatic imine (C=N–C) groups is 1. The molecule has 0 fully saturated rings. The minimum absolute atomic E-state index is 0.0776. The molecule has 2 rings (SSSR count). The van der Waals surface area contributed by atoms with Crippen LogP contribution < -0.4 is 10.5 Å². The number of methoxy groups -OCH3 is 1. The first-order valence-electron chi connectivity index (χ1n) is 7.13. The van der Waals surface area contributed by atoms with Gasteiger partial charge in [0, 0.05) is 30.6 Å². The number of hydrogen-bond donors (Lipinski definition) is 3. The van der Waals surface area contributed by atoms with Crippen LogP contribution in [0, 0.1) is 16.6 Å². The second-order valence-electron chi connectivity index (χ2n) is 5.02. The molecule has 1 heterocycles. The quantitative estimate of drug-likeness (QED) is 0.710. The van der Waals surface area contributed by atoms with Crippen molar-refractivity contribution in [3.05, 3.63) is 53.1 Å². The summed E-state index contributed by atoms with van der Waals surface area (Å²) in [7, 11) is 3.07. The van der Waals surface area contributed by atoms with E-state index in [9.17, 15) is 4.39 Å². The fourth-order valence-corrected chi connectivity index (χ4v) is 2.21. The first-order chi connectivity index (χ1) is 11.5. The summed E-state index contributed by atoms with van der Waals surface area (Å²) in [5, 5.41) is 15.8. The third kappa shape index (κ3) is 3.45. The molecule has 0 aliphatic carbocycles. The Morgan fingerprint density at radius 3 is 2.75 bits per heavy atom. The van der Waals surface area contributed by atoms with Gasteiger partial charge in [0.15, 0.2) is 0 Å². The van der Waals surface area contributed by atoms with Gasteiger partial charge in [-0.2, -0.15) is 0 Å². The number of nitrogens with two attached hydrogens (primary N) is 1. The van der Waals surface area contributed by atoms with Crippen LogP contribution in [0.15, 0.2) is 35.5 Å². The number of benzene rings is 1. The maximum absolute atomic E-state index is 14.1. The SMILES string of the molecule is CN=CC(C=N)c1cc(C(=N)c2cc(OC)ccc2F)c(N)cn1. The Kier molecular flexibility index (Phi) is 5.36. The van der Waals surface area contributed by atoms with Crippen molar-refractivity contribution in [2.45, 2.75) is 5.92 Å². The van der Waals surface area contributed by atoms with E-state index in [1.165, 1.54) is 37.7 Å². The molecule has 24 heavy (non-hydrogen) atoms. The van der Waals surface area contributed by atoms with Crippen LogP contribution in [0.3, 0.4) is 0 Å². The number of halogens is 1. The van der Waals surface area contributed by atoms with Gasteiger partial charge in [-0.15, -0.1) is 0 Å². The molecular weight excluding hydrogens is 309 g/mol. The Hall–Kier alpha value is -3.09. The van der Waals surface area contributed by atoms with E-state index in [4.69, 9.17) is 21.3 Å². The van der Waals surface area contributed by atoms with Gasteiger partial charge >= 0.3 is 0 Å². The highest BCUT2D eigenvalue weighted by Gasteiger charge is 2.17. The van der Waals surface area contributed by atoms with Crippen molar-refractivity contribution < 1.29 is 9.13 Å². The standard InChI is InChI=1S/C17H18FN5O/c1-22-8-10(7-19)16-6-13(15(20)9-23-16)17(21)12-5-11(24-2)3-4-14(12)18/h3-10,19,21H,20H2,1-2H3. The van der Waals surface area contributed by atoms with Gasteiger partial charge in [0.05, 0.1) is 36.3 Å². The van der Waals surface area contributed by atoms with Crippen molar-refractivity contribution >= 4 is 23.8 Å². The Labute approximate surface area is 139 Å². The molecule has 0 saturated carbocycles. The van der Waals surface area contributed by atoms with Crippen LogP contribution >= 0.6 is 0 Å². The number of nitrogens with zero attached hydrogens (tertiary/aromatic N) is 2. The zero-order valence-electron chi connectivity index (χ0n) is 13.4. The molecule has 0 saturated heterocycles. The lowest BCUT2D eigenvalue weighted by Gasteiger charge is -2.13. The molecule has 7 heteroatoms. The van der Waals surface area contributed by atoms with Gasteiger partial charge in [0.1, 0.15) is 11.6 Å². The third-order valence-corrected chi connectivity index (χ3v) is 3.50. The molecule has 0 aliphatic heterocycles. The monoisotopic (exact) mass is 327 g/mol. The normalized spacial score (nSPS) is 12.1. The van der Waals surface area contributed by atoms with E-state index >= 15 is 0 Å². The summed E-state index contributed by atoms with van der Waals surface area (Å²) in [5.74, 6) is -0.533. The summed E-state index contributed by atoms with van der Waals surface area (Å²) < 4.78 is 19.2. The summed E-state index contributed by atoms with van der Waals surface area (Å²) in [5.41, 5.74) is 7.01. The van der Waals surface area contributed by atoms with Crippen molar-refractivity contribution in [3.8, 4) is 5.75 Å². The molecule has 6 nitrogen and oxygen atoms in total. The zero-order chi connectivity index (χ0) is 17.7. The van der Waals surface area contributed by atoms with Gasteiger partial charge in [-0.3, -0.25) is 15.4 Å². The molecule has 4 N–H and O–H groups in total. The summed E-state index contributed by atoms with van der Waals surface area (Å²) in [6.07, 6.45) is 4.15. The van der Waals surface area contributed by atoms with Crippen molar-refractivity contribution in [1.29, 1.82) is 10.8 Å². The minimum atomic E-state index is -0.544. The number of pyridine rings is 1.